The molecule has 2 aromatic rings. The molecule has 0 atom stereocenters. The number of carbonyl (C=O) groups excluding carboxylic acids is 1. The highest BCUT2D eigenvalue weighted by Crippen LogP contribution is 2.08. The van der Waals surface area contributed by atoms with Crippen LogP contribution in [-0.2, 0) is 0 Å². The number of thiophene rings is 1. The van der Waals surface area contributed by atoms with Crippen LogP contribution in [0.15, 0.2) is 23.2 Å². The Balaban J connectivity index is 2.39. The first kappa shape index (κ1) is 7.93. The van der Waals surface area contributed by atoms with Gasteiger partial charge in [-0.25, -0.2) is 0 Å². The van der Waals surface area contributed by atoms with Crippen LogP contribution in [-0.4, -0.2) is 20.7 Å². The maximum Gasteiger partial charge on any atom is 0.282 e. The van der Waals surface area contributed by atoms with Gasteiger partial charge < -0.3 is 5.73 Å². The second-order valence-electron chi connectivity index (χ2n) is 2.35. The van der Waals surface area contributed by atoms with Gasteiger partial charge in [-0.3, -0.25) is 4.79 Å². The molecule has 0 saturated carbocycles. The Bertz CT molecular complexity index is 419. The van der Waals surface area contributed by atoms with Crippen LogP contribution in [0.25, 0.3) is 0 Å². The Morgan fingerprint density at radius 3 is 3.00 bits per heavy atom. The summed E-state index contributed by atoms with van der Waals surface area (Å²) in [6.45, 7) is 0. The molecule has 0 aliphatic heterocycles. The molecule has 2 N–H and O–H groups in total. The quantitative estimate of drug-likeness (QED) is 0.721. The molecule has 0 aromatic carbocycles. The van der Waals surface area contributed by atoms with Crippen LogP contribution in [0, 0.1) is 0 Å². The van der Waals surface area contributed by atoms with Crippen LogP contribution < -0.4 is 5.73 Å². The molecular formula is C7H6N4OS. The van der Waals surface area contributed by atoms with Gasteiger partial charge in [0.15, 0.2) is 0 Å². The third kappa shape index (κ3) is 1.31. The Morgan fingerprint density at radius 2 is 2.46 bits per heavy atom. The number of hydrogen-bond acceptors (Lipinski definition) is 5. The van der Waals surface area contributed by atoms with E-state index in [9.17, 15) is 4.79 Å². The molecule has 0 unspecified atom stereocenters. The summed E-state index contributed by atoms with van der Waals surface area (Å²) < 4.78 is 1.07. The highest BCUT2D eigenvalue weighted by atomic mass is 32.1. The average molecular weight is 194 g/mol. The second-order valence-corrected chi connectivity index (χ2v) is 3.13. The zero-order chi connectivity index (χ0) is 9.26. The maximum absolute atomic E-state index is 11.6. The van der Waals surface area contributed by atoms with Gasteiger partial charge in [-0.2, -0.15) is 26.1 Å². The number of nitrogens with zero attached hydrogens (tertiary/aromatic N) is 3. The van der Waals surface area contributed by atoms with E-state index in [0.29, 0.717) is 5.56 Å². The summed E-state index contributed by atoms with van der Waals surface area (Å²) in [5.74, 6) is -0.146. The minimum Gasteiger partial charge on any atom is -0.368 e. The molecule has 6 heteroatoms. The molecule has 0 aliphatic rings. The van der Waals surface area contributed by atoms with Gasteiger partial charge in [-0.15, -0.1) is 0 Å². The monoisotopic (exact) mass is 194 g/mol. The van der Waals surface area contributed by atoms with Gasteiger partial charge in [-0.1, -0.05) is 0 Å². The zero-order valence-electron chi connectivity index (χ0n) is 6.54. The highest BCUT2D eigenvalue weighted by molar-refractivity contribution is 7.08. The second kappa shape index (κ2) is 2.98. The van der Waals surface area contributed by atoms with Gasteiger partial charge in [0.05, 0.1) is 5.56 Å². The highest BCUT2D eigenvalue weighted by Gasteiger charge is 2.12. The van der Waals surface area contributed by atoms with Crippen LogP contribution in [0.2, 0.25) is 0 Å². The number of nitrogens with two attached hydrogens (primary N) is 1. The summed E-state index contributed by atoms with van der Waals surface area (Å²) in [6.07, 6.45) is 1.25. The van der Waals surface area contributed by atoms with Gasteiger partial charge in [0.2, 0.25) is 5.95 Å². The predicted octanol–water partition coefficient (Wildman–Crippen LogP) is 0.610. The molecule has 0 amide bonds. The Kier molecular flexibility index (Phi) is 1.82. The van der Waals surface area contributed by atoms with E-state index in [0.717, 1.165) is 4.68 Å². The van der Waals surface area contributed by atoms with Crippen LogP contribution in [0.5, 0.6) is 0 Å². The first-order valence-electron chi connectivity index (χ1n) is 3.51. The Hall–Kier alpha value is -1.69. The molecule has 0 saturated heterocycles. The number of hydrogen-bond donors (Lipinski definition) is 1. The van der Waals surface area contributed by atoms with Gasteiger partial charge in [0.1, 0.15) is 6.33 Å². The molecule has 0 aliphatic carbocycles. The molecule has 0 spiro atoms. The molecule has 13 heavy (non-hydrogen) atoms. The minimum absolute atomic E-state index is 0.108. The van der Waals surface area contributed by atoms with Crippen molar-refractivity contribution >= 4 is 23.2 Å². The zero-order valence-corrected chi connectivity index (χ0v) is 7.36. The lowest BCUT2D eigenvalue weighted by molar-refractivity contribution is 0.0948. The van der Waals surface area contributed by atoms with Crippen molar-refractivity contribution in [2.24, 2.45) is 0 Å². The fraction of sp³-hybridized carbons (Fsp3) is 0. The van der Waals surface area contributed by atoms with Crippen LogP contribution in [0.4, 0.5) is 5.95 Å². The minimum atomic E-state index is -0.253. The average Bonchev–Trinajstić information content (AvgIpc) is 2.72. The number of rotatable bonds is 1. The fourth-order valence-electron chi connectivity index (χ4n) is 0.915. The van der Waals surface area contributed by atoms with Crippen molar-refractivity contribution < 1.29 is 4.79 Å². The van der Waals surface area contributed by atoms with E-state index in [1.54, 1.807) is 11.4 Å². The molecule has 2 rings (SSSR count). The van der Waals surface area contributed by atoms with Crippen molar-refractivity contribution in [3.63, 3.8) is 0 Å². The lowest BCUT2D eigenvalue weighted by atomic mass is 10.3. The van der Waals surface area contributed by atoms with E-state index in [2.05, 4.69) is 10.1 Å². The SMILES string of the molecule is Nc1ncnn1C(=O)c1ccsc1. The number of anilines is 1. The largest absolute Gasteiger partial charge is 0.368 e. The lowest BCUT2D eigenvalue weighted by Crippen LogP contribution is -2.15. The number of aromatic nitrogens is 3. The summed E-state index contributed by atoms with van der Waals surface area (Å²) >= 11 is 1.45. The first-order valence-corrected chi connectivity index (χ1v) is 4.45. The fourth-order valence-corrected chi connectivity index (χ4v) is 1.55. The lowest BCUT2D eigenvalue weighted by Gasteiger charge is -1.97. The van der Waals surface area contributed by atoms with Gasteiger partial charge in [0.25, 0.3) is 5.91 Å². The molecule has 0 bridgehead atoms. The van der Waals surface area contributed by atoms with Crippen LogP contribution in [0.3, 0.4) is 0 Å². The van der Waals surface area contributed by atoms with Crippen molar-refractivity contribution in [1.82, 2.24) is 14.8 Å². The molecule has 2 aromatic heterocycles. The Labute approximate surface area is 77.8 Å². The van der Waals surface area contributed by atoms with E-state index < -0.39 is 0 Å². The molecule has 0 radical (unpaired) electrons. The van der Waals surface area contributed by atoms with E-state index in [4.69, 9.17) is 5.73 Å². The van der Waals surface area contributed by atoms with Gasteiger partial charge >= 0.3 is 0 Å². The normalized spacial score (nSPS) is 10.2. The summed E-state index contributed by atoms with van der Waals surface area (Å²) in [5, 5.41) is 7.27. The summed E-state index contributed by atoms with van der Waals surface area (Å²) in [4.78, 5) is 15.2. The van der Waals surface area contributed by atoms with E-state index >= 15 is 0 Å². The smallest absolute Gasteiger partial charge is 0.282 e. The summed E-state index contributed by atoms with van der Waals surface area (Å²) in [7, 11) is 0. The van der Waals surface area contributed by atoms with E-state index in [1.807, 2.05) is 5.38 Å². The van der Waals surface area contributed by atoms with Crippen molar-refractivity contribution in [1.29, 1.82) is 0 Å². The van der Waals surface area contributed by atoms with Crippen LogP contribution in [0.1, 0.15) is 10.4 Å². The molecule has 0 fully saturated rings. The van der Waals surface area contributed by atoms with Crippen molar-refractivity contribution in [2.75, 3.05) is 5.73 Å². The standard InChI is InChI=1S/C7H6N4OS/c8-7-9-4-10-11(7)6(12)5-1-2-13-3-5/h1-4H,(H2,8,9,10). The Morgan fingerprint density at radius 1 is 1.62 bits per heavy atom. The number of carbonyl (C=O) groups is 1. The van der Waals surface area contributed by atoms with E-state index in [-0.39, 0.29) is 11.9 Å². The summed E-state index contributed by atoms with van der Waals surface area (Å²) in [5.41, 5.74) is 5.99. The first-order chi connectivity index (χ1) is 6.29. The van der Waals surface area contributed by atoms with Gasteiger partial charge in [-0.05, 0) is 11.4 Å². The van der Waals surface area contributed by atoms with Gasteiger partial charge in [0, 0.05) is 5.38 Å². The molecular weight excluding hydrogens is 188 g/mol. The third-order valence-corrected chi connectivity index (χ3v) is 2.22. The van der Waals surface area contributed by atoms with E-state index in [1.165, 1.54) is 17.7 Å². The summed E-state index contributed by atoms with van der Waals surface area (Å²) in [6, 6.07) is 1.72. The maximum atomic E-state index is 11.6. The predicted molar refractivity (Wildman–Crippen MR) is 48.5 cm³/mol. The van der Waals surface area contributed by atoms with Crippen LogP contribution >= 0.6 is 11.3 Å². The molecule has 2 heterocycles. The molecule has 66 valence electrons. The number of nitrogen functional groups attached to an aromatic ring is 1. The topological polar surface area (TPSA) is 73.8 Å². The van der Waals surface area contributed by atoms with Crippen molar-refractivity contribution in [2.45, 2.75) is 0 Å². The van der Waals surface area contributed by atoms with Crippen molar-refractivity contribution in [3.8, 4) is 0 Å². The third-order valence-electron chi connectivity index (χ3n) is 1.53. The van der Waals surface area contributed by atoms with Crippen molar-refractivity contribution in [3.05, 3.63) is 28.7 Å². The molecule has 5 nitrogen and oxygen atoms in total.